The van der Waals surface area contributed by atoms with Gasteiger partial charge in [0, 0.05) is 13.2 Å². The van der Waals surface area contributed by atoms with E-state index in [2.05, 4.69) is 5.32 Å². The van der Waals surface area contributed by atoms with Crippen LogP contribution in [0.4, 0.5) is 0 Å². The number of rotatable bonds is 5. The van der Waals surface area contributed by atoms with Crippen molar-refractivity contribution < 1.29 is 23.5 Å². The van der Waals surface area contributed by atoms with Crippen LogP contribution in [0.25, 0.3) is 0 Å². The summed E-state index contributed by atoms with van der Waals surface area (Å²) in [5.41, 5.74) is 0. The average Bonchev–Trinajstić information content (AvgIpc) is 2.96. The van der Waals surface area contributed by atoms with Gasteiger partial charge in [0.15, 0.2) is 6.61 Å². The minimum atomic E-state index is -0.336. The number of carbonyl (C=O) groups is 2. The van der Waals surface area contributed by atoms with Gasteiger partial charge in [-0.2, -0.15) is 0 Å². The van der Waals surface area contributed by atoms with Crippen LogP contribution in [0.15, 0.2) is 22.8 Å². The molecule has 0 unspecified atom stereocenters. The zero-order valence-electron chi connectivity index (χ0n) is 10.6. The molecule has 19 heavy (non-hydrogen) atoms. The van der Waals surface area contributed by atoms with Crippen molar-refractivity contribution in [2.75, 3.05) is 19.8 Å². The van der Waals surface area contributed by atoms with Crippen molar-refractivity contribution in [3.63, 3.8) is 0 Å². The molecule has 1 saturated heterocycles. The van der Waals surface area contributed by atoms with Crippen LogP contribution in [0, 0.1) is 5.92 Å². The van der Waals surface area contributed by atoms with Gasteiger partial charge in [-0.25, -0.2) is 0 Å². The zero-order chi connectivity index (χ0) is 13.5. The highest BCUT2D eigenvalue weighted by Gasteiger charge is 2.23. The van der Waals surface area contributed by atoms with Crippen molar-refractivity contribution in [1.29, 1.82) is 0 Å². The van der Waals surface area contributed by atoms with E-state index in [0.717, 1.165) is 0 Å². The lowest BCUT2D eigenvalue weighted by molar-refractivity contribution is -0.155. The maximum absolute atomic E-state index is 11.7. The van der Waals surface area contributed by atoms with Crippen LogP contribution in [0.3, 0.4) is 0 Å². The van der Waals surface area contributed by atoms with Crippen LogP contribution >= 0.6 is 0 Å². The van der Waals surface area contributed by atoms with E-state index in [1.165, 1.54) is 6.26 Å². The van der Waals surface area contributed by atoms with Gasteiger partial charge in [-0.1, -0.05) is 0 Å². The van der Waals surface area contributed by atoms with Gasteiger partial charge in [0.05, 0.1) is 18.7 Å². The molecule has 1 aliphatic heterocycles. The van der Waals surface area contributed by atoms with E-state index < -0.39 is 0 Å². The minimum Gasteiger partial charge on any atom is -0.467 e. The Hall–Kier alpha value is -1.82. The molecule has 0 aliphatic carbocycles. The summed E-state index contributed by atoms with van der Waals surface area (Å²) in [5, 5.41) is 2.61. The number of furan rings is 1. The molecule has 2 heterocycles. The highest BCUT2D eigenvalue weighted by molar-refractivity contribution is 5.81. The molecule has 6 nitrogen and oxygen atoms in total. The fraction of sp³-hybridized carbons (Fsp3) is 0.538. The molecule has 1 aromatic rings. The van der Waals surface area contributed by atoms with Crippen LogP contribution in [0.5, 0.6) is 0 Å². The summed E-state index contributed by atoms with van der Waals surface area (Å²) in [4.78, 5) is 23.1. The van der Waals surface area contributed by atoms with Gasteiger partial charge < -0.3 is 19.2 Å². The topological polar surface area (TPSA) is 77.8 Å². The Bertz CT molecular complexity index is 409. The van der Waals surface area contributed by atoms with Crippen LogP contribution in [-0.2, 0) is 25.6 Å². The standard InChI is InChI=1S/C13H17NO5/c15-12(14-8-11-2-1-5-18-11)9-19-13(16)10-3-6-17-7-4-10/h1-2,5,10H,3-4,6-9H2,(H,14,15). The molecule has 0 spiro atoms. The quantitative estimate of drug-likeness (QED) is 0.801. The molecule has 1 aromatic heterocycles. The lowest BCUT2D eigenvalue weighted by Crippen LogP contribution is -2.31. The number of amides is 1. The zero-order valence-corrected chi connectivity index (χ0v) is 10.6. The number of ether oxygens (including phenoxy) is 2. The summed E-state index contributed by atoms with van der Waals surface area (Å²) in [6.07, 6.45) is 2.85. The summed E-state index contributed by atoms with van der Waals surface area (Å²) < 4.78 is 15.2. The Morgan fingerprint density at radius 2 is 2.16 bits per heavy atom. The first-order chi connectivity index (χ1) is 9.25. The third-order valence-corrected chi connectivity index (χ3v) is 2.94. The van der Waals surface area contributed by atoms with Crippen LogP contribution in [0.2, 0.25) is 0 Å². The molecule has 1 N–H and O–H groups in total. The molecule has 104 valence electrons. The molecule has 1 fully saturated rings. The van der Waals surface area contributed by atoms with Crippen LogP contribution in [-0.4, -0.2) is 31.7 Å². The molecule has 0 aromatic carbocycles. The van der Waals surface area contributed by atoms with Crippen LogP contribution in [0.1, 0.15) is 18.6 Å². The number of carbonyl (C=O) groups excluding carboxylic acids is 2. The van der Waals surface area contributed by atoms with Gasteiger partial charge in [-0.3, -0.25) is 9.59 Å². The fourth-order valence-corrected chi connectivity index (χ4v) is 1.84. The highest BCUT2D eigenvalue weighted by atomic mass is 16.5. The molecule has 1 amide bonds. The second-order valence-corrected chi connectivity index (χ2v) is 4.35. The predicted molar refractivity (Wildman–Crippen MR) is 65.1 cm³/mol. The molecule has 0 saturated carbocycles. The second kappa shape index (κ2) is 6.94. The molecule has 0 atom stereocenters. The second-order valence-electron chi connectivity index (χ2n) is 4.35. The number of hydrogen-bond donors (Lipinski definition) is 1. The van der Waals surface area contributed by atoms with Crippen molar-refractivity contribution >= 4 is 11.9 Å². The SMILES string of the molecule is O=C(COC(=O)C1CCOCC1)NCc1ccco1. The summed E-state index contributed by atoms with van der Waals surface area (Å²) in [5.74, 6) is -0.149. The molecule has 1 aliphatic rings. The normalized spacial score (nSPS) is 16.0. The molecule has 0 bridgehead atoms. The molecular weight excluding hydrogens is 250 g/mol. The molecule has 6 heteroatoms. The van der Waals surface area contributed by atoms with E-state index in [4.69, 9.17) is 13.9 Å². The molecular formula is C13H17NO5. The van der Waals surface area contributed by atoms with E-state index in [0.29, 0.717) is 38.4 Å². The Kier molecular flexibility index (Phi) is 4.97. The number of hydrogen-bond acceptors (Lipinski definition) is 5. The van der Waals surface area contributed by atoms with Crippen molar-refractivity contribution in [1.82, 2.24) is 5.32 Å². The van der Waals surface area contributed by atoms with E-state index in [1.807, 2.05) is 0 Å². The Morgan fingerprint density at radius 1 is 1.37 bits per heavy atom. The van der Waals surface area contributed by atoms with Crippen molar-refractivity contribution in [2.45, 2.75) is 19.4 Å². The number of esters is 1. The van der Waals surface area contributed by atoms with Gasteiger partial charge in [0.25, 0.3) is 5.91 Å². The van der Waals surface area contributed by atoms with E-state index in [-0.39, 0.29) is 24.4 Å². The largest absolute Gasteiger partial charge is 0.467 e. The average molecular weight is 267 g/mol. The maximum Gasteiger partial charge on any atom is 0.309 e. The Labute approximate surface area is 111 Å². The summed E-state index contributed by atoms with van der Waals surface area (Å²) in [7, 11) is 0. The van der Waals surface area contributed by atoms with E-state index >= 15 is 0 Å². The van der Waals surface area contributed by atoms with Gasteiger partial charge in [0.1, 0.15) is 5.76 Å². The monoisotopic (exact) mass is 267 g/mol. The third-order valence-electron chi connectivity index (χ3n) is 2.94. The van der Waals surface area contributed by atoms with E-state index in [1.54, 1.807) is 12.1 Å². The number of nitrogens with one attached hydrogen (secondary N) is 1. The summed E-state index contributed by atoms with van der Waals surface area (Å²) in [6.45, 7) is 1.19. The Morgan fingerprint density at radius 3 is 2.84 bits per heavy atom. The Balaban J connectivity index is 1.64. The third kappa shape index (κ3) is 4.40. The molecule has 2 rings (SSSR count). The van der Waals surface area contributed by atoms with Gasteiger partial charge in [0.2, 0.25) is 0 Å². The first kappa shape index (κ1) is 13.6. The van der Waals surface area contributed by atoms with Gasteiger partial charge >= 0.3 is 5.97 Å². The van der Waals surface area contributed by atoms with Crippen molar-refractivity contribution in [2.24, 2.45) is 5.92 Å². The molecule has 0 radical (unpaired) electrons. The van der Waals surface area contributed by atoms with Crippen LogP contribution < -0.4 is 5.32 Å². The first-order valence-corrected chi connectivity index (χ1v) is 6.29. The first-order valence-electron chi connectivity index (χ1n) is 6.29. The maximum atomic E-state index is 11.7. The lowest BCUT2D eigenvalue weighted by Gasteiger charge is -2.20. The van der Waals surface area contributed by atoms with E-state index in [9.17, 15) is 9.59 Å². The van der Waals surface area contributed by atoms with Gasteiger partial charge in [-0.15, -0.1) is 0 Å². The van der Waals surface area contributed by atoms with Crippen molar-refractivity contribution in [3.05, 3.63) is 24.2 Å². The summed E-state index contributed by atoms with van der Waals surface area (Å²) >= 11 is 0. The van der Waals surface area contributed by atoms with Gasteiger partial charge in [-0.05, 0) is 25.0 Å². The lowest BCUT2D eigenvalue weighted by atomic mass is 10.0. The van der Waals surface area contributed by atoms with Crippen molar-refractivity contribution in [3.8, 4) is 0 Å². The highest BCUT2D eigenvalue weighted by Crippen LogP contribution is 2.15. The fourth-order valence-electron chi connectivity index (χ4n) is 1.84. The predicted octanol–water partition coefficient (Wildman–Crippen LogP) is 0.866. The summed E-state index contributed by atoms with van der Waals surface area (Å²) in [6, 6.07) is 3.50. The smallest absolute Gasteiger partial charge is 0.309 e. The minimum absolute atomic E-state index is 0.147.